The maximum Gasteiger partial charge on any atom is 0.191 e. The molecule has 136 valence electrons. The first-order valence-corrected chi connectivity index (χ1v) is 8.02. The summed E-state index contributed by atoms with van der Waals surface area (Å²) in [5, 5.41) is 7.08. The average Bonchev–Trinajstić information content (AvgIpc) is 2.55. The zero-order valence-corrected chi connectivity index (χ0v) is 17.6. The van der Waals surface area contributed by atoms with Crippen LogP contribution in [0.15, 0.2) is 47.5 Å². The molecule has 0 amide bonds. The van der Waals surface area contributed by atoms with Gasteiger partial charge in [0.25, 0.3) is 0 Å². The molecule has 2 aromatic carbocycles. The van der Waals surface area contributed by atoms with E-state index in [2.05, 4.69) is 15.6 Å². The number of aliphatic imine (C=N–C) groups is 1. The van der Waals surface area contributed by atoms with Gasteiger partial charge in [-0.25, -0.2) is 4.39 Å². The molecule has 0 spiro atoms. The van der Waals surface area contributed by atoms with Crippen molar-refractivity contribution in [1.82, 2.24) is 10.6 Å². The van der Waals surface area contributed by atoms with Gasteiger partial charge in [-0.3, -0.25) is 4.99 Å². The van der Waals surface area contributed by atoms with Crippen molar-refractivity contribution in [1.29, 1.82) is 0 Å². The SMILES string of the molecule is CN=C(NCc1cccc(Cl)c1)NCc1ccc(N(C)C)c(F)c1.I. The molecule has 25 heavy (non-hydrogen) atoms. The van der Waals surface area contributed by atoms with Crippen molar-refractivity contribution >= 4 is 47.2 Å². The topological polar surface area (TPSA) is 39.7 Å². The lowest BCUT2D eigenvalue weighted by atomic mass is 10.2. The fourth-order valence-electron chi connectivity index (χ4n) is 2.26. The summed E-state index contributed by atoms with van der Waals surface area (Å²) < 4.78 is 14.0. The van der Waals surface area contributed by atoms with Gasteiger partial charge in [0, 0.05) is 39.3 Å². The van der Waals surface area contributed by atoms with E-state index in [1.807, 2.05) is 44.4 Å². The average molecular weight is 477 g/mol. The fourth-order valence-corrected chi connectivity index (χ4v) is 2.48. The lowest BCUT2D eigenvalue weighted by molar-refractivity contribution is 0.623. The van der Waals surface area contributed by atoms with Gasteiger partial charge in [0.15, 0.2) is 5.96 Å². The van der Waals surface area contributed by atoms with Crippen LogP contribution < -0.4 is 15.5 Å². The minimum Gasteiger partial charge on any atom is -0.375 e. The van der Waals surface area contributed by atoms with Crippen LogP contribution in [0.4, 0.5) is 10.1 Å². The second-order valence-corrected chi connectivity index (χ2v) is 6.03. The van der Waals surface area contributed by atoms with Crippen LogP contribution >= 0.6 is 35.6 Å². The van der Waals surface area contributed by atoms with Gasteiger partial charge in [0.2, 0.25) is 0 Å². The number of hydrogen-bond acceptors (Lipinski definition) is 2. The number of nitrogens with zero attached hydrogens (tertiary/aromatic N) is 2. The van der Waals surface area contributed by atoms with E-state index in [1.165, 1.54) is 6.07 Å². The largest absolute Gasteiger partial charge is 0.375 e. The normalized spacial score (nSPS) is 10.8. The molecule has 0 fully saturated rings. The molecule has 0 aromatic heterocycles. The Kier molecular flexibility index (Phi) is 8.99. The van der Waals surface area contributed by atoms with Crippen LogP contribution in [0.2, 0.25) is 5.02 Å². The fraction of sp³-hybridized carbons (Fsp3) is 0.278. The molecule has 2 N–H and O–H groups in total. The first-order chi connectivity index (χ1) is 11.5. The van der Waals surface area contributed by atoms with E-state index in [0.29, 0.717) is 29.8 Å². The van der Waals surface area contributed by atoms with Crippen LogP contribution in [0.1, 0.15) is 11.1 Å². The molecular formula is C18H23ClFIN4. The third kappa shape index (κ3) is 6.70. The highest BCUT2D eigenvalue weighted by Gasteiger charge is 2.06. The summed E-state index contributed by atoms with van der Waals surface area (Å²) in [5.74, 6) is 0.410. The van der Waals surface area contributed by atoms with Gasteiger partial charge >= 0.3 is 0 Å². The molecule has 2 aromatic rings. The third-order valence-electron chi connectivity index (χ3n) is 3.53. The van der Waals surface area contributed by atoms with E-state index in [0.717, 1.165) is 11.1 Å². The molecular weight excluding hydrogens is 454 g/mol. The predicted octanol–water partition coefficient (Wildman–Crippen LogP) is 4.03. The predicted molar refractivity (Wildman–Crippen MR) is 115 cm³/mol. The van der Waals surface area contributed by atoms with Gasteiger partial charge in [-0.2, -0.15) is 0 Å². The Morgan fingerprint density at radius 2 is 1.72 bits per heavy atom. The van der Waals surface area contributed by atoms with Gasteiger partial charge in [0.1, 0.15) is 5.82 Å². The summed E-state index contributed by atoms with van der Waals surface area (Å²) in [4.78, 5) is 5.92. The van der Waals surface area contributed by atoms with Crippen molar-refractivity contribution in [2.45, 2.75) is 13.1 Å². The Hall–Kier alpha value is -1.54. The summed E-state index contributed by atoms with van der Waals surface area (Å²) in [6, 6.07) is 12.8. The van der Waals surface area contributed by atoms with Crippen molar-refractivity contribution in [3.63, 3.8) is 0 Å². The number of halogens is 3. The molecule has 0 atom stereocenters. The monoisotopic (exact) mass is 476 g/mol. The second-order valence-electron chi connectivity index (χ2n) is 5.59. The molecule has 7 heteroatoms. The van der Waals surface area contributed by atoms with Crippen molar-refractivity contribution in [2.24, 2.45) is 4.99 Å². The molecule has 0 saturated heterocycles. The van der Waals surface area contributed by atoms with E-state index < -0.39 is 0 Å². The van der Waals surface area contributed by atoms with Gasteiger partial charge in [-0.1, -0.05) is 29.8 Å². The standard InChI is InChI=1S/C18H22ClFN4.HI/c1-21-18(22-11-13-5-4-6-15(19)9-13)23-12-14-7-8-17(24(2)3)16(20)10-14;/h4-10H,11-12H2,1-3H3,(H2,21,22,23);1H. The highest BCUT2D eigenvalue weighted by atomic mass is 127. The minimum absolute atomic E-state index is 0. The maximum atomic E-state index is 14.0. The zero-order valence-electron chi connectivity index (χ0n) is 14.5. The maximum absolute atomic E-state index is 14.0. The van der Waals surface area contributed by atoms with Crippen molar-refractivity contribution in [3.05, 3.63) is 64.4 Å². The quantitative estimate of drug-likeness (QED) is 0.389. The summed E-state index contributed by atoms with van der Waals surface area (Å²) in [7, 11) is 5.33. The summed E-state index contributed by atoms with van der Waals surface area (Å²) in [6.07, 6.45) is 0. The van der Waals surface area contributed by atoms with E-state index in [1.54, 1.807) is 18.0 Å². The van der Waals surface area contributed by atoms with E-state index in [4.69, 9.17) is 11.6 Å². The highest BCUT2D eigenvalue weighted by Crippen LogP contribution is 2.18. The van der Waals surface area contributed by atoms with Gasteiger partial charge in [-0.05, 0) is 35.4 Å². The molecule has 0 aliphatic rings. The first-order valence-electron chi connectivity index (χ1n) is 7.64. The number of rotatable bonds is 5. The summed E-state index contributed by atoms with van der Waals surface area (Å²) >= 11 is 5.97. The molecule has 0 aliphatic carbocycles. The van der Waals surface area contributed by atoms with Crippen LogP contribution in [0.5, 0.6) is 0 Å². The molecule has 0 unspecified atom stereocenters. The van der Waals surface area contributed by atoms with Gasteiger partial charge < -0.3 is 15.5 Å². The van der Waals surface area contributed by atoms with Gasteiger partial charge in [-0.15, -0.1) is 24.0 Å². The van der Waals surface area contributed by atoms with Crippen LogP contribution in [0.3, 0.4) is 0 Å². The van der Waals surface area contributed by atoms with Crippen LogP contribution in [0.25, 0.3) is 0 Å². The third-order valence-corrected chi connectivity index (χ3v) is 3.76. The second kappa shape index (κ2) is 10.5. The van der Waals surface area contributed by atoms with Crippen LogP contribution in [-0.4, -0.2) is 27.1 Å². The lowest BCUT2D eigenvalue weighted by Gasteiger charge is -2.15. The van der Waals surface area contributed by atoms with Crippen molar-refractivity contribution in [2.75, 3.05) is 26.0 Å². The van der Waals surface area contributed by atoms with E-state index >= 15 is 0 Å². The Bertz CT molecular complexity index is 722. The number of benzene rings is 2. The molecule has 0 saturated carbocycles. The molecule has 0 bridgehead atoms. The van der Waals surface area contributed by atoms with E-state index in [9.17, 15) is 4.39 Å². The zero-order chi connectivity index (χ0) is 17.5. The lowest BCUT2D eigenvalue weighted by Crippen LogP contribution is -2.36. The number of guanidine groups is 1. The number of hydrogen-bond donors (Lipinski definition) is 2. The van der Waals surface area contributed by atoms with Gasteiger partial charge in [0.05, 0.1) is 5.69 Å². The Labute approximate surface area is 170 Å². The smallest absolute Gasteiger partial charge is 0.191 e. The highest BCUT2D eigenvalue weighted by molar-refractivity contribution is 14.0. The number of anilines is 1. The molecule has 2 rings (SSSR count). The molecule has 0 heterocycles. The van der Waals surface area contributed by atoms with Crippen LogP contribution in [0, 0.1) is 5.82 Å². The number of nitrogens with one attached hydrogen (secondary N) is 2. The molecule has 4 nitrogen and oxygen atoms in total. The minimum atomic E-state index is -0.235. The first kappa shape index (κ1) is 21.5. The van der Waals surface area contributed by atoms with E-state index in [-0.39, 0.29) is 29.8 Å². The van der Waals surface area contributed by atoms with Crippen molar-refractivity contribution < 1.29 is 4.39 Å². The Morgan fingerprint density at radius 3 is 2.24 bits per heavy atom. The molecule has 0 radical (unpaired) electrons. The van der Waals surface area contributed by atoms with Crippen LogP contribution in [-0.2, 0) is 13.1 Å². The molecule has 0 aliphatic heterocycles. The Balaban J connectivity index is 0.00000312. The van der Waals surface area contributed by atoms with Crippen molar-refractivity contribution in [3.8, 4) is 0 Å². The summed E-state index contributed by atoms with van der Waals surface area (Å²) in [5.41, 5.74) is 2.48. The summed E-state index contributed by atoms with van der Waals surface area (Å²) in [6.45, 7) is 1.09. The Morgan fingerprint density at radius 1 is 1.08 bits per heavy atom.